The summed E-state index contributed by atoms with van der Waals surface area (Å²) < 4.78 is 28.9. The van der Waals surface area contributed by atoms with Gasteiger partial charge in [-0.05, 0) is 48.9 Å². The molecule has 9 heteroatoms. The molecule has 1 saturated heterocycles. The molecule has 0 bridgehead atoms. The summed E-state index contributed by atoms with van der Waals surface area (Å²) in [5.41, 5.74) is 0.348. The molecule has 2 heterocycles. The zero-order chi connectivity index (χ0) is 19.4. The van der Waals surface area contributed by atoms with Crippen molar-refractivity contribution in [2.24, 2.45) is 0 Å². The molecule has 0 aliphatic carbocycles. The standard InChI is InChI=1S/C18H17ClF2N2O3S/c19-12-10-11(6-7-14(12)26-18(20)21)22-16(24)13-4-1-2-8-23(13)17(25)15-5-3-9-27-15/h3,5-7,9-10,13,18H,1-2,4,8H2,(H,22,24). The van der Waals surface area contributed by atoms with Crippen molar-refractivity contribution >= 4 is 40.4 Å². The molecule has 1 aromatic heterocycles. The van der Waals surface area contributed by atoms with E-state index in [0.717, 1.165) is 12.8 Å². The van der Waals surface area contributed by atoms with E-state index >= 15 is 0 Å². The highest BCUT2D eigenvalue weighted by atomic mass is 35.5. The zero-order valence-corrected chi connectivity index (χ0v) is 15.7. The minimum absolute atomic E-state index is 0.0386. The zero-order valence-electron chi connectivity index (χ0n) is 14.2. The van der Waals surface area contributed by atoms with Gasteiger partial charge in [0.15, 0.2) is 0 Å². The van der Waals surface area contributed by atoms with Crippen molar-refractivity contribution in [3.63, 3.8) is 0 Å². The quantitative estimate of drug-likeness (QED) is 0.775. The van der Waals surface area contributed by atoms with Gasteiger partial charge in [-0.3, -0.25) is 9.59 Å². The van der Waals surface area contributed by atoms with E-state index < -0.39 is 12.7 Å². The van der Waals surface area contributed by atoms with Gasteiger partial charge in [-0.15, -0.1) is 11.3 Å². The van der Waals surface area contributed by atoms with Gasteiger partial charge in [0.05, 0.1) is 9.90 Å². The van der Waals surface area contributed by atoms with Crippen LogP contribution in [0.4, 0.5) is 14.5 Å². The van der Waals surface area contributed by atoms with Crippen molar-refractivity contribution in [3.8, 4) is 5.75 Å². The van der Waals surface area contributed by atoms with Gasteiger partial charge in [0, 0.05) is 12.2 Å². The Balaban J connectivity index is 1.72. The summed E-state index contributed by atoms with van der Waals surface area (Å²) in [5, 5.41) is 4.48. The Morgan fingerprint density at radius 2 is 2.11 bits per heavy atom. The summed E-state index contributed by atoms with van der Waals surface area (Å²) in [6.45, 7) is -2.47. The Hall–Kier alpha value is -2.19. The van der Waals surface area contributed by atoms with Gasteiger partial charge in [-0.2, -0.15) is 8.78 Å². The lowest BCUT2D eigenvalue weighted by Gasteiger charge is -2.34. The number of amides is 2. The summed E-state index contributed by atoms with van der Waals surface area (Å²) in [4.78, 5) is 27.6. The number of likely N-dealkylation sites (tertiary alicyclic amines) is 1. The van der Waals surface area contributed by atoms with Crippen LogP contribution in [0.1, 0.15) is 28.9 Å². The monoisotopic (exact) mass is 414 g/mol. The molecule has 144 valence electrons. The number of alkyl halides is 2. The fraction of sp³-hybridized carbons (Fsp3) is 0.333. The third kappa shape index (κ3) is 4.75. The van der Waals surface area contributed by atoms with E-state index in [1.807, 2.05) is 5.38 Å². The van der Waals surface area contributed by atoms with Gasteiger partial charge < -0.3 is 15.0 Å². The van der Waals surface area contributed by atoms with Crippen LogP contribution in [0.15, 0.2) is 35.7 Å². The van der Waals surface area contributed by atoms with E-state index in [0.29, 0.717) is 23.5 Å². The van der Waals surface area contributed by atoms with E-state index in [1.54, 1.807) is 17.0 Å². The Labute approximate surface area is 163 Å². The number of nitrogens with zero attached hydrogens (tertiary/aromatic N) is 1. The molecular formula is C18H17ClF2N2O3S. The van der Waals surface area contributed by atoms with Crippen molar-refractivity contribution in [2.45, 2.75) is 31.9 Å². The Morgan fingerprint density at radius 3 is 2.78 bits per heavy atom. The molecule has 1 aliphatic rings. The van der Waals surface area contributed by atoms with E-state index in [1.165, 1.54) is 29.5 Å². The number of hydrogen-bond acceptors (Lipinski definition) is 4. The van der Waals surface area contributed by atoms with E-state index in [4.69, 9.17) is 11.6 Å². The van der Waals surface area contributed by atoms with Crippen LogP contribution in [-0.4, -0.2) is 35.9 Å². The van der Waals surface area contributed by atoms with E-state index in [-0.39, 0.29) is 22.6 Å². The maximum atomic E-state index is 12.7. The SMILES string of the molecule is O=C(Nc1ccc(OC(F)F)c(Cl)c1)C1CCCCN1C(=O)c1cccs1. The maximum Gasteiger partial charge on any atom is 0.387 e. The van der Waals surface area contributed by atoms with Gasteiger partial charge in [0.25, 0.3) is 5.91 Å². The Bertz CT molecular complexity index is 817. The van der Waals surface area contributed by atoms with Crippen LogP contribution in [0.2, 0.25) is 5.02 Å². The second-order valence-electron chi connectivity index (χ2n) is 6.00. The van der Waals surface area contributed by atoms with Crippen molar-refractivity contribution in [3.05, 3.63) is 45.6 Å². The second-order valence-corrected chi connectivity index (χ2v) is 7.36. The molecule has 1 N–H and O–H groups in total. The first kappa shape index (κ1) is 19.6. The molecule has 1 aliphatic heterocycles. The molecule has 2 aromatic rings. The first-order chi connectivity index (χ1) is 13.0. The number of piperidine rings is 1. The number of carbonyl (C=O) groups is 2. The van der Waals surface area contributed by atoms with Gasteiger partial charge in [-0.1, -0.05) is 17.7 Å². The second kappa shape index (κ2) is 8.67. The summed E-state index contributed by atoms with van der Waals surface area (Å²) in [6.07, 6.45) is 2.24. The largest absolute Gasteiger partial charge is 0.433 e. The van der Waals surface area contributed by atoms with Crippen LogP contribution in [0.5, 0.6) is 5.75 Å². The number of carbonyl (C=O) groups excluding carboxylic acids is 2. The Morgan fingerprint density at radius 1 is 1.30 bits per heavy atom. The average molecular weight is 415 g/mol. The van der Waals surface area contributed by atoms with Gasteiger partial charge in [-0.25, -0.2) is 0 Å². The van der Waals surface area contributed by atoms with Crippen LogP contribution < -0.4 is 10.1 Å². The van der Waals surface area contributed by atoms with Crippen LogP contribution in [0, 0.1) is 0 Å². The number of anilines is 1. The van der Waals surface area contributed by atoms with Crippen LogP contribution in [0.25, 0.3) is 0 Å². The van der Waals surface area contributed by atoms with Crippen molar-refractivity contribution in [1.29, 1.82) is 0 Å². The molecule has 2 amide bonds. The number of thiophene rings is 1. The third-order valence-corrected chi connectivity index (χ3v) is 5.37. The van der Waals surface area contributed by atoms with Gasteiger partial charge in [0.2, 0.25) is 5.91 Å². The predicted molar refractivity (Wildman–Crippen MR) is 99.7 cm³/mol. The van der Waals surface area contributed by atoms with E-state index in [2.05, 4.69) is 10.1 Å². The topological polar surface area (TPSA) is 58.6 Å². The minimum atomic E-state index is -2.98. The molecule has 0 spiro atoms. The third-order valence-electron chi connectivity index (χ3n) is 4.21. The number of ether oxygens (including phenoxy) is 1. The molecule has 5 nitrogen and oxygen atoms in total. The molecular weight excluding hydrogens is 398 g/mol. The first-order valence-electron chi connectivity index (χ1n) is 8.35. The number of nitrogens with one attached hydrogen (secondary N) is 1. The van der Waals surface area contributed by atoms with Gasteiger partial charge in [0.1, 0.15) is 11.8 Å². The molecule has 1 fully saturated rings. The Kier molecular flexibility index (Phi) is 6.28. The molecule has 0 radical (unpaired) electrons. The van der Waals surface area contributed by atoms with Crippen molar-refractivity contribution in [1.82, 2.24) is 4.90 Å². The van der Waals surface area contributed by atoms with Crippen molar-refractivity contribution in [2.75, 3.05) is 11.9 Å². The minimum Gasteiger partial charge on any atom is -0.433 e. The predicted octanol–water partition coefficient (Wildman–Crippen LogP) is 4.64. The molecule has 27 heavy (non-hydrogen) atoms. The number of halogens is 3. The highest BCUT2D eigenvalue weighted by Crippen LogP contribution is 2.29. The van der Waals surface area contributed by atoms with Crippen LogP contribution >= 0.6 is 22.9 Å². The van der Waals surface area contributed by atoms with Crippen LogP contribution in [0.3, 0.4) is 0 Å². The lowest BCUT2D eigenvalue weighted by atomic mass is 10.0. The summed E-state index contributed by atoms with van der Waals surface area (Å²) in [7, 11) is 0. The summed E-state index contributed by atoms with van der Waals surface area (Å²) >= 11 is 7.25. The lowest BCUT2D eigenvalue weighted by molar-refractivity contribution is -0.121. The fourth-order valence-electron chi connectivity index (χ4n) is 2.98. The smallest absolute Gasteiger partial charge is 0.387 e. The summed E-state index contributed by atoms with van der Waals surface area (Å²) in [5.74, 6) is -0.668. The fourth-order valence-corrected chi connectivity index (χ4v) is 3.89. The van der Waals surface area contributed by atoms with Gasteiger partial charge >= 0.3 is 6.61 Å². The van der Waals surface area contributed by atoms with Crippen molar-refractivity contribution < 1.29 is 23.1 Å². The number of hydrogen-bond donors (Lipinski definition) is 1. The normalized spacial score (nSPS) is 17.0. The molecule has 1 aromatic carbocycles. The average Bonchev–Trinajstić information content (AvgIpc) is 3.18. The highest BCUT2D eigenvalue weighted by molar-refractivity contribution is 7.12. The maximum absolute atomic E-state index is 12.7. The molecule has 1 unspecified atom stereocenters. The summed E-state index contributed by atoms with van der Waals surface area (Å²) in [6, 6.07) is 6.96. The van der Waals surface area contributed by atoms with Crippen LogP contribution in [-0.2, 0) is 4.79 Å². The first-order valence-corrected chi connectivity index (χ1v) is 9.61. The number of benzene rings is 1. The molecule has 1 atom stereocenters. The molecule has 0 saturated carbocycles. The lowest BCUT2D eigenvalue weighted by Crippen LogP contribution is -2.49. The number of rotatable bonds is 5. The molecule has 3 rings (SSSR count). The van der Waals surface area contributed by atoms with E-state index in [9.17, 15) is 18.4 Å². The highest BCUT2D eigenvalue weighted by Gasteiger charge is 2.33.